The van der Waals surface area contributed by atoms with Crippen LogP contribution in [-0.2, 0) is 15.8 Å². The predicted molar refractivity (Wildman–Crippen MR) is 89.1 cm³/mol. The van der Waals surface area contributed by atoms with E-state index in [1.807, 2.05) is 0 Å². The van der Waals surface area contributed by atoms with Gasteiger partial charge in [0.2, 0.25) is 11.8 Å². The minimum atomic E-state index is -4.47. The Morgan fingerprint density at radius 3 is 2.32 bits per heavy atom. The van der Waals surface area contributed by atoms with Crippen molar-refractivity contribution < 1.29 is 22.8 Å². The fraction of sp³-hybridized carbons (Fsp3) is 0.556. The highest BCUT2D eigenvalue weighted by Gasteiger charge is 2.31. The minimum Gasteiger partial charge on any atom is -0.343 e. The molecule has 1 aromatic carbocycles. The van der Waals surface area contributed by atoms with Gasteiger partial charge in [-0.05, 0) is 31.0 Å². The summed E-state index contributed by atoms with van der Waals surface area (Å²) in [5, 5.41) is 0. The summed E-state index contributed by atoms with van der Waals surface area (Å²) in [6.45, 7) is 2.79. The number of rotatable bonds is 4. The molecule has 1 aliphatic rings. The molecule has 4 nitrogen and oxygen atoms in total. The number of anilines is 1. The zero-order valence-electron chi connectivity index (χ0n) is 14.3. The lowest BCUT2D eigenvalue weighted by atomic mass is 10.1. The van der Waals surface area contributed by atoms with Crippen molar-refractivity contribution in [1.29, 1.82) is 0 Å². The third-order valence-electron chi connectivity index (χ3n) is 4.37. The number of carbonyl (C=O) groups is 2. The molecule has 0 unspecified atom stereocenters. The molecule has 0 aliphatic carbocycles. The molecule has 1 heterocycles. The fourth-order valence-electron chi connectivity index (χ4n) is 3.00. The van der Waals surface area contributed by atoms with Crippen molar-refractivity contribution in [3.05, 3.63) is 29.8 Å². The van der Waals surface area contributed by atoms with E-state index >= 15 is 0 Å². The lowest BCUT2D eigenvalue weighted by Gasteiger charge is -2.25. The SMILES string of the molecule is CC(=O)N(CCC(=O)N1CCCCCC1)c1cccc(C(F)(F)F)c1. The summed E-state index contributed by atoms with van der Waals surface area (Å²) >= 11 is 0. The molecule has 138 valence electrons. The van der Waals surface area contributed by atoms with Crippen LogP contribution in [0.5, 0.6) is 0 Å². The molecule has 0 aromatic heterocycles. The molecular formula is C18H23F3N2O2. The van der Waals surface area contributed by atoms with Crippen LogP contribution in [0.4, 0.5) is 18.9 Å². The van der Waals surface area contributed by atoms with E-state index in [0.29, 0.717) is 13.1 Å². The van der Waals surface area contributed by atoms with Crippen molar-refractivity contribution in [2.24, 2.45) is 0 Å². The van der Waals surface area contributed by atoms with Crippen LogP contribution in [0, 0.1) is 0 Å². The molecule has 2 amide bonds. The minimum absolute atomic E-state index is 0.0554. The maximum Gasteiger partial charge on any atom is 0.416 e. The van der Waals surface area contributed by atoms with Crippen molar-refractivity contribution in [2.45, 2.75) is 45.2 Å². The van der Waals surface area contributed by atoms with Crippen molar-refractivity contribution in [2.75, 3.05) is 24.5 Å². The molecule has 2 rings (SSSR count). The van der Waals surface area contributed by atoms with Crippen LogP contribution in [0.25, 0.3) is 0 Å². The number of benzene rings is 1. The van der Waals surface area contributed by atoms with Gasteiger partial charge in [-0.1, -0.05) is 18.9 Å². The highest BCUT2D eigenvalue weighted by molar-refractivity contribution is 5.92. The number of nitrogens with zero attached hydrogens (tertiary/aromatic N) is 2. The largest absolute Gasteiger partial charge is 0.416 e. The topological polar surface area (TPSA) is 40.6 Å². The molecule has 0 radical (unpaired) electrons. The second kappa shape index (κ2) is 8.36. The molecule has 0 bridgehead atoms. The fourth-order valence-corrected chi connectivity index (χ4v) is 3.00. The molecule has 0 N–H and O–H groups in total. The normalized spacial score (nSPS) is 15.6. The second-order valence-electron chi connectivity index (χ2n) is 6.26. The molecule has 0 atom stereocenters. The summed E-state index contributed by atoms with van der Waals surface area (Å²) in [5.41, 5.74) is -0.652. The van der Waals surface area contributed by atoms with Crippen molar-refractivity contribution in [1.82, 2.24) is 4.90 Å². The van der Waals surface area contributed by atoms with Gasteiger partial charge >= 0.3 is 6.18 Å². The summed E-state index contributed by atoms with van der Waals surface area (Å²) in [7, 11) is 0. The van der Waals surface area contributed by atoms with E-state index in [4.69, 9.17) is 0 Å². The van der Waals surface area contributed by atoms with E-state index in [-0.39, 0.29) is 30.5 Å². The van der Waals surface area contributed by atoms with E-state index in [9.17, 15) is 22.8 Å². The maximum atomic E-state index is 12.9. The Kier molecular flexibility index (Phi) is 6.45. The van der Waals surface area contributed by atoms with Gasteiger partial charge in [0.05, 0.1) is 5.56 Å². The molecule has 1 aliphatic heterocycles. The zero-order chi connectivity index (χ0) is 18.4. The van der Waals surface area contributed by atoms with Crippen molar-refractivity contribution in [3.63, 3.8) is 0 Å². The lowest BCUT2D eigenvalue weighted by Crippen LogP contribution is -2.37. The number of amides is 2. The standard InChI is InChI=1S/C18H23F3N2O2/c1-14(24)23(16-8-6-7-15(13-16)18(19,20)21)12-9-17(25)22-10-4-2-3-5-11-22/h6-8,13H,2-5,9-12H2,1H3. The first kappa shape index (κ1) is 19.3. The predicted octanol–water partition coefficient (Wildman–Crippen LogP) is 3.85. The van der Waals surface area contributed by atoms with Crippen LogP contribution >= 0.6 is 0 Å². The Balaban J connectivity index is 2.06. The Morgan fingerprint density at radius 2 is 1.76 bits per heavy atom. The molecular weight excluding hydrogens is 333 g/mol. The number of likely N-dealkylation sites (tertiary alicyclic amines) is 1. The molecule has 25 heavy (non-hydrogen) atoms. The van der Waals surface area contributed by atoms with Gasteiger partial charge in [0.1, 0.15) is 0 Å². The van der Waals surface area contributed by atoms with Gasteiger partial charge in [0.15, 0.2) is 0 Å². The Labute approximate surface area is 145 Å². The molecule has 0 saturated carbocycles. The molecule has 7 heteroatoms. The summed E-state index contributed by atoms with van der Waals surface area (Å²) in [6, 6.07) is 4.62. The quantitative estimate of drug-likeness (QED) is 0.822. The number of hydrogen-bond donors (Lipinski definition) is 0. The van der Waals surface area contributed by atoms with Crippen LogP contribution in [0.3, 0.4) is 0 Å². The van der Waals surface area contributed by atoms with Crippen LogP contribution in [0.2, 0.25) is 0 Å². The number of halogens is 3. The van der Waals surface area contributed by atoms with Gasteiger partial charge in [-0.25, -0.2) is 0 Å². The van der Waals surface area contributed by atoms with E-state index in [2.05, 4.69) is 0 Å². The first-order valence-electron chi connectivity index (χ1n) is 8.52. The Bertz CT molecular complexity index is 609. The van der Waals surface area contributed by atoms with Gasteiger partial charge < -0.3 is 9.80 Å². The van der Waals surface area contributed by atoms with E-state index in [0.717, 1.165) is 37.8 Å². The molecule has 1 aromatic rings. The Hall–Kier alpha value is -2.05. The summed E-state index contributed by atoms with van der Waals surface area (Å²) in [5.74, 6) is -0.442. The van der Waals surface area contributed by atoms with E-state index < -0.39 is 11.7 Å². The maximum absolute atomic E-state index is 12.9. The van der Waals surface area contributed by atoms with Crippen LogP contribution in [-0.4, -0.2) is 36.3 Å². The van der Waals surface area contributed by atoms with Crippen molar-refractivity contribution >= 4 is 17.5 Å². The lowest BCUT2D eigenvalue weighted by molar-refractivity contribution is -0.137. The van der Waals surface area contributed by atoms with Crippen molar-refractivity contribution in [3.8, 4) is 0 Å². The average Bonchev–Trinajstić information content (AvgIpc) is 2.83. The molecule has 0 spiro atoms. The Morgan fingerprint density at radius 1 is 1.12 bits per heavy atom. The van der Waals surface area contributed by atoms with E-state index in [1.165, 1.54) is 24.0 Å². The highest BCUT2D eigenvalue weighted by Crippen LogP contribution is 2.31. The van der Waals surface area contributed by atoms with Gasteiger partial charge in [-0.2, -0.15) is 13.2 Å². The molecule has 1 fully saturated rings. The van der Waals surface area contributed by atoms with Crippen LogP contribution in [0.1, 0.15) is 44.6 Å². The summed E-state index contributed by atoms with van der Waals surface area (Å²) in [6.07, 6.45) is -0.219. The third-order valence-corrected chi connectivity index (χ3v) is 4.37. The number of alkyl halides is 3. The molecule has 1 saturated heterocycles. The zero-order valence-corrected chi connectivity index (χ0v) is 14.3. The monoisotopic (exact) mass is 356 g/mol. The first-order valence-corrected chi connectivity index (χ1v) is 8.52. The second-order valence-corrected chi connectivity index (χ2v) is 6.26. The van der Waals surface area contributed by atoms with Gasteiger partial charge in [-0.15, -0.1) is 0 Å². The van der Waals surface area contributed by atoms with Crippen LogP contribution < -0.4 is 4.90 Å². The average molecular weight is 356 g/mol. The third kappa shape index (κ3) is 5.47. The van der Waals surface area contributed by atoms with E-state index in [1.54, 1.807) is 4.90 Å². The highest BCUT2D eigenvalue weighted by atomic mass is 19.4. The summed E-state index contributed by atoms with van der Waals surface area (Å²) < 4.78 is 38.6. The smallest absolute Gasteiger partial charge is 0.343 e. The summed E-state index contributed by atoms with van der Waals surface area (Å²) in [4.78, 5) is 27.2. The number of carbonyl (C=O) groups excluding carboxylic acids is 2. The van der Waals surface area contributed by atoms with Gasteiger partial charge in [-0.3, -0.25) is 9.59 Å². The van der Waals surface area contributed by atoms with Crippen LogP contribution in [0.15, 0.2) is 24.3 Å². The van der Waals surface area contributed by atoms with Gasteiger partial charge in [0.25, 0.3) is 0 Å². The number of hydrogen-bond acceptors (Lipinski definition) is 2. The van der Waals surface area contributed by atoms with Gasteiger partial charge in [0, 0.05) is 38.7 Å². The first-order chi connectivity index (χ1) is 11.8.